The minimum absolute atomic E-state index is 0.0545. The van der Waals surface area contributed by atoms with Gasteiger partial charge in [-0.1, -0.05) is 13.0 Å². The normalized spacial score (nSPS) is 18.3. The van der Waals surface area contributed by atoms with Gasteiger partial charge in [0.2, 0.25) is 0 Å². The van der Waals surface area contributed by atoms with E-state index >= 15 is 0 Å². The van der Waals surface area contributed by atoms with Crippen molar-refractivity contribution in [2.24, 2.45) is 0 Å². The summed E-state index contributed by atoms with van der Waals surface area (Å²) in [5.41, 5.74) is -0.174. The van der Waals surface area contributed by atoms with E-state index in [9.17, 15) is 9.59 Å². The molecule has 1 aromatic rings. The number of piperidine rings is 1. The molecule has 1 aromatic heterocycles. The Bertz CT molecular complexity index is 750. The molecule has 2 atom stereocenters. The van der Waals surface area contributed by atoms with Crippen LogP contribution in [-0.2, 0) is 9.47 Å². The molecule has 7 nitrogen and oxygen atoms in total. The molecule has 2 heterocycles. The van der Waals surface area contributed by atoms with E-state index < -0.39 is 17.3 Å². The van der Waals surface area contributed by atoms with Crippen LogP contribution in [0.4, 0.5) is 15.4 Å². The second kappa shape index (κ2) is 9.88. The maximum Gasteiger partial charge on any atom is 0.416 e. The summed E-state index contributed by atoms with van der Waals surface area (Å²) in [4.78, 5) is 33.5. The van der Waals surface area contributed by atoms with Gasteiger partial charge in [-0.25, -0.2) is 14.6 Å². The van der Waals surface area contributed by atoms with Crippen LogP contribution in [0.25, 0.3) is 0 Å². The quantitative estimate of drug-likeness (QED) is 0.575. The van der Waals surface area contributed by atoms with E-state index in [2.05, 4.69) is 4.98 Å². The molecular formula is C24H39N3O4. The molecule has 1 saturated heterocycles. The van der Waals surface area contributed by atoms with Gasteiger partial charge in [0, 0.05) is 18.8 Å². The van der Waals surface area contributed by atoms with Crippen LogP contribution in [0, 0.1) is 0 Å². The molecule has 0 aromatic carbocycles. The lowest BCUT2D eigenvalue weighted by Crippen LogP contribution is -2.43. The highest BCUT2D eigenvalue weighted by Crippen LogP contribution is 2.33. The Balaban J connectivity index is 2.26. The molecule has 1 aliphatic rings. The Kier molecular flexibility index (Phi) is 7.95. The highest BCUT2D eigenvalue weighted by atomic mass is 16.6. The van der Waals surface area contributed by atoms with Crippen LogP contribution in [-0.4, -0.2) is 45.9 Å². The largest absolute Gasteiger partial charge is 0.444 e. The highest BCUT2D eigenvalue weighted by Gasteiger charge is 2.32. The van der Waals surface area contributed by atoms with Crippen molar-refractivity contribution < 1.29 is 19.1 Å². The molecule has 174 valence electrons. The zero-order chi connectivity index (χ0) is 23.4. The fraction of sp³-hybridized carbons (Fsp3) is 0.708. The van der Waals surface area contributed by atoms with Crippen molar-refractivity contribution in [1.29, 1.82) is 0 Å². The van der Waals surface area contributed by atoms with Crippen LogP contribution in [0.3, 0.4) is 0 Å². The average molecular weight is 434 g/mol. The number of anilines is 1. The van der Waals surface area contributed by atoms with Crippen LogP contribution in [0.15, 0.2) is 18.3 Å². The summed E-state index contributed by atoms with van der Waals surface area (Å²) in [6.07, 6.45) is 4.71. The van der Waals surface area contributed by atoms with Gasteiger partial charge < -0.3 is 14.4 Å². The number of carbonyl (C=O) groups excluding carboxylic acids is 2. The second-order valence-corrected chi connectivity index (χ2v) is 10.2. The predicted molar refractivity (Wildman–Crippen MR) is 122 cm³/mol. The first-order valence-electron chi connectivity index (χ1n) is 11.3. The van der Waals surface area contributed by atoms with E-state index in [1.165, 1.54) is 0 Å². The number of ether oxygens (including phenoxy) is 2. The van der Waals surface area contributed by atoms with E-state index in [1.54, 1.807) is 16.0 Å². The fourth-order valence-electron chi connectivity index (χ4n) is 3.55. The summed E-state index contributed by atoms with van der Waals surface area (Å²) in [6.45, 7) is 15.8. The molecule has 7 heteroatoms. The minimum Gasteiger partial charge on any atom is -0.444 e. The number of hydrogen-bond donors (Lipinski definition) is 0. The molecule has 2 amide bonds. The summed E-state index contributed by atoms with van der Waals surface area (Å²) in [5, 5.41) is 0. The summed E-state index contributed by atoms with van der Waals surface area (Å²) in [5.74, 6) is 0.548. The molecule has 0 saturated carbocycles. The van der Waals surface area contributed by atoms with E-state index in [4.69, 9.17) is 9.47 Å². The monoisotopic (exact) mass is 433 g/mol. The van der Waals surface area contributed by atoms with Gasteiger partial charge in [-0.15, -0.1) is 0 Å². The third kappa shape index (κ3) is 7.11. The smallest absolute Gasteiger partial charge is 0.416 e. The van der Waals surface area contributed by atoms with Crippen molar-refractivity contribution in [3.63, 3.8) is 0 Å². The van der Waals surface area contributed by atoms with Crippen molar-refractivity contribution in [1.82, 2.24) is 9.88 Å². The summed E-state index contributed by atoms with van der Waals surface area (Å²) >= 11 is 0. The van der Waals surface area contributed by atoms with Gasteiger partial charge in [0.05, 0.1) is 6.04 Å². The van der Waals surface area contributed by atoms with Crippen LogP contribution < -0.4 is 4.90 Å². The van der Waals surface area contributed by atoms with Gasteiger partial charge in [0.15, 0.2) is 0 Å². The summed E-state index contributed by atoms with van der Waals surface area (Å²) in [6, 6.07) is 3.66. The highest BCUT2D eigenvalue weighted by molar-refractivity contribution is 5.87. The first-order chi connectivity index (χ1) is 14.3. The van der Waals surface area contributed by atoms with E-state index in [-0.39, 0.29) is 18.2 Å². The van der Waals surface area contributed by atoms with Crippen molar-refractivity contribution in [2.45, 2.75) is 104 Å². The van der Waals surface area contributed by atoms with Crippen LogP contribution >= 0.6 is 0 Å². The fourth-order valence-corrected chi connectivity index (χ4v) is 3.55. The maximum absolute atomic E-state index is 12.8. The Labute approximate surface area is 187 Å². The number of aromatic nitrogens is 1. The molecule has 0 aliphatic carbocycles. The van der Waals surface area contributed by atoms with Gasteiger partial charge in [-0.2, -0.15) is 0 Å². The molecule has 0 unspecified atom stereocenters. The molecule has 0 radical (unpaired) electrons. The van der Waals surface area contributed by atoms with Crippen LogP contribution in [0.5, 0.6) is 0 Å². The Morgan fingerprint density at radius 3 is 2.29 bits per heavy atom. The molecule has 1 aliphatic heterocycles. The molecule has 0 bridgehead atoms. The first-order valence-corrected chi connectivity index (χ1v) is 11.3. The van der Waals surface area contributed by atoms with Crippen molar-refractivity contribution in [2.75, 3.05) is 11.4 Å². The molecular weight excluding hydrogens is 394 g/mol. The number of rotatable bonds is 4. The number of hydrogen-bond acceptors (Lipinski definition) is 5. The maximum atomic E-state index is 12.8. The molecule has 0 N–H and O–H groups in total. The third-order valence-corrected chi connectivity index (χ3v) is 5.15. The standard InChI is InChI=1S/C24H39N3O4/c1-9-17(2)27(22(29)31-24(6,7)8)20-14-13-18(16-25-20)19-12-10-11-15-26(19)21(28)30-23(3,4)5/h13-14,16-17,19H,9-12,15H2,1-8H3/t17-,19-/m0/s1. The van der Waals surface area contributed by atoms with E-state index in [1.807, 2.05) is 67.5 Å². The van der Waals surface area contributed by atoms with Gasteiger partial charge in [0.25, 0.3) is 0 Å². The minimum atomic E-state index is -0.585. The lowest BCUT2D eigenvalue weighted by Gasteiger charge is -2.37. The molecule has 1 fully saturated rings. The van der Waals surface area contributed by atoms with Crippen molar-refractivity contribution >= 4 is 18.0 Å². The Morgan fingerprint density at radius 1 is 1.13 bits per heavy atom. The van der Waals surface area contributed by atoms with Gasteiger partial charge >= 0.3 is 12.2 Å². The number of likely N-dealkylation sites (tertiary alicyclic amines) is 1. The molecule has 31 heavy (non-hydrogen) atoms. The SMILES string of the molecule is CC[C@H](C)N(C(=O)OC(C)(C)C)c1ccc([C@@H]2CCCCN2C(=O)OC(C)(C)C)cn1. The summed E-state index contributed by atoms with van der Waals surface area (Å²) < 4.78 is 11.2. The zero-order valence-electron chi connectivity index (χ0n) is 20.4. The van der Waals surface area contributed by atoms with Crippen molar-refractivity contribution in [3.05, 3.63) is 23.9 Å². The third-order valence-electron chi connectivity index (χ3n) is 5.15. The van der Waals surface area contributed by atoms with Gasteiger partial charge in [-0.3, -0.25) is 4.90 Å². The number of amides is 2. The Morgan fingerprint density at radius 2 is 1.77 bits per heavy atom. The lowest BCUT2D eigenvalue weighted by molar-refractivity contribution is 0.00947. The van der Waals surface area contributed by atoms with Gasteiger partial charge in [-0.05, 0) is 85.8 Å². The second-order valence-electron chi connectivity index (χ2n) is 10.2. The number of pyridine rings is 1. The topological polar surface area (TPSA) is 72.0 Å². The zero-order valence-corrected chi connectivity index (χ0v) is 20.4. The predicted octanol–water partition coefficient (Wildman–Crippen LogP) is 6.08. The lowest BCUT2D eigenvalue weighted by atomic mass is 9.97. The van der Waals surface area contributed by atoms with Gasteiger partial charge in [0.1, 0.15) is 17.0 Å². The van der Waals surface area contributed by atoms with E-state index in [0.29, 0.717) is 12.4 Å². The molecule has 0 spiro atoms. The first kappa shape index (κ1) is 25.0. The van der Waals surface area contributed by atoms with Crippen molar-refractivity contribution in [3.8, 4) is 0 Å². The van der Waals surface area contributed by atoms with Crippen LogP contribution in [0.2, 0.25) is 0 Å². The van der Waals surface area contributed by atoms with E-state index in [0.717, 1.165) is 31.2 Å². The Hall–Kier alpha value is -2.31. The summed E-state index contributed by atoms with van der Waals surface area (Å²) in [7, 11) is 0. The molecule has 2 rings (SSSR count). The number of carbonyl (C=O) groups is 2. The van der Waals surface area contributed by atoms with Crippen LogP contribution in [0.1, 0.15) is 92.7 Å². The average Bonchev–Trinajstić information content (AvgIpc) is 2.66. The number of nitrogens with zero attached hydrogens (tertiary/aromatic N) is 3.